The molecule has 1 aliphatic rings. The average Bonchev–Trinajstić information content (AvgIpc) is 2.39. The number of rotatable bonds is 0. The highest BCUT2D eigenvalue weighted by Gasteiger charge is 2.26. The van der Waals surface area contributed by atoms with Crippen LogP contribution in [0.3, 0.4) is 0 Å². The number of amides is 1. The zero-order valence-electron chi connectivity index (χ0n) is 10.0. The van der Waals surface area contributed by atoms with Gasteiger partial charge in [-0.3, -0.25) is 0 Å². The number of nitriles is 1. The van der Waals surface area contributed by atoms with Gasteiger partial charge in [-0.05, 0) is 20.8 Å². The second-order valence-corrected chi connectivity index (χ2v) is 4.83. The van der Waals surface area contributed by atoms with E-state index in [0.29, 0.717) is 26.3 Å². The highest BCUT2D eigenvalue weighted by Crippen LogP contribution is 2.13. The molecule has 1 heterocycles. The molecule has 1 amide bonds. The van der Waals surface area contributed by atoms with Crippen LogP contribution in [0.2, 0.25) is 0 Å². The first-order valence-corrected chi connectivity index (χ1v) is 5.37. The lowest BCUT2D eigenvalue weighted by Gasteiger charge is -2.26. The molecule has 0 aromatic carbocycles. The van der Waals surface area contributed by atoms with Crippen molar-refractivity contribution in [1.82, 2.24) is 4.90 Å². The number of carbonyl (C=O) groups excluding carboxylic acids is 1. The van der Waals surface area contributed by atoms with Crippen LogP contribution in [0.15, 0.2) is 0 Å². The molecule has 5 heteroatoms. The van der Waals surface area contributed by atoms with Crippen molar-refractivity contribution in [2.45, 2.75) is 26.4 Å². The monoisotopic (exact) mass is 226 g/mol. The average molecular weight is 226 g/mol. The van der Waals surface area contributed by atoms with E-state index in [1.165, 1.54) is 4.90 Å². The minimum Gasteiger partial charge on any atom is -0.444 e. The Hall–Kier alpha value is -1.28. The van der Waals surface area contributed by atoms with Gasteiger partial charge < -0.3 is 14.4 Å². The van der Waals surface area contributed by atoms with Gasteiger partial charge in [0.15, 0.2) is 0 Å². The highest BCUT2D eigenvalue weighted by atomic mass is 16.6. The molecule has 0 aromatic rings. The van der Waals surface area contributed by atoms with Crippen LogP contribution in [0.4, 0.5) is 4.79 Å². The van der Waals surface area contributed by atoms with Crippen LogP contribution in [-0.4, -0.2) is 42.9 Å². The molecule has 0 radical (unpaired) electrons. The van der Waals surface area contributed by atoms with Crippen LogP contribution in [0, 0.1) is 17.2 Å². The van der Waals surface area contributed by atoms with E-state index in [-0.39, 0.29) is 12.0 Å². The van der Waals surface area contributed by atoms with Gasteiger partial charge in [-0.15, -0.1) is 0 Å². The smallest absolute Gasteiger partial charge is 0.410 e. The molecular weight excluding hydrogens is 208 g/mol. The van der Waals surface area contributed by atoms with Crippen LogP contribution >= 0.6 is 0 Å². The van der Waals surface area contributed by atoms with Gasteiger partial charge in [0.05, 0.1) is 25.2 Å². The number of carbonyl (C=O) groups is 1. The predicted octanol–water partition coefficient (Wildman–Crippen LogP) is 1.39. The summed E-state index contributed by atoms with van der Waals surface area (Å²) in [6, 6.07) is 2.12. The van der Waals surface area contributed by atoms with Crippen molar-refractivity contribution in [1.29, 1.82) is 5.26 Å². The summed E-state index contributed by atoms with van der Waals surface area (Å²) >= 11 is 0. The number of nitrogens with zero attached hydrogens (tertiary/aromatic N) is 2. The Morgan fingerprint density at radius 2 is 2.25 bits per heavy atom. The molecular formula is C11H18N2O3. The minimum atomic E-state index is -0.508. The number of hydrogen-bond donors (Lipinski definition) is 0. The molecule has 0 aliphatic carbocycles. The Morgan fingerprint density at radius 1 is 1.56 bits per heavy atom. The SMILES string of the molecule is CC(C)(C)OC(=O)N1CCOCC(C#N)C1. The van der Waals surface area contributed by atoms with Crippen molar-refractivity contribution < 1.29 is 14.3 Å². The van der Waals surface area contributed by atoms with Crippen molar-refractivity contribution in [2.24, 2.45) is 5.92 Å². The van der Waals surface area contributed by atoms with Crippen molar-refractivity contribution in [3.8, 4) is 6.07 Å². The van der Waals surface area contributed by atoms with Crippen LogP contribution in [-0.2, 0) is 9.47 Å². The third-order valence-corrected chi connectivity index (χ3v) is 2.10. The Kier molecular flexibility index (Phi) is 4.13. The number of ether oxygens (including phenoxy) is 2. The summed E-state index contributed by atoms with van der Waals surface area (Å²) in [5, 5.41) is 8.84. The van der Waals surface area contributed by atoms with E-state index in [2.05, 4.69) is 6.07 Å². The Morgan fingerprint density at radius 3 is 2.81 bits per heavy atom. The largest absolute Gasteiger partial charge is 0.444 e. The van der Waals surface area contributed by atoms with E-state index in [9.17, 15) is 4.79 Å². The molecule has 0 bridgehead atoms. The van der Waals surface area contributed by atoms with Gasteiger partial charge in [-0.2, -0.15) is 5.26 Å². The lowest BCUT2D eigenvalue weighted by atomic mass is 10.2. The lowest BCUT2D eigenvalue weighted by molar-refractivity contribution is 0.0239. The molecule has 1 saturated heterocycles. The zero-order valence-corrected chi connectivity index (χ0v) is 10.0. The topological polar surface area (TPSA) is 62.6 Å². The molecule has 1 atom stereocenters. The van der Waals surface area contributed by atoms with E-state index >= 15 is 0 Å². The molecule has 1 fully saturated rings. The first-order chi connectivity index (χ1) is 7.42. The van der Waals surface area contributed by atoms with Gasteiger partial charge in [-0.25, -0.2) is 4.79 Å². The van der Waals surface area contributed by atoms with E-state index in [1.807, 2.05) is 20.8 Å². The first kappa shape index (κ1) is 12.8. The Balaban J connectivity index is 2.57. The summed E-state index contributed by atoms with van der Waals surface area (Å²) in [5.74, 6) is -0.269. The van der Waals surface area contributed by atoms with Gasteiger partial charge in [0.25, 0.3) is 0 Å². The maximum absolute atomic E-state index is 11.8. The number of hydrogen-bond acceptors (Lipinski definition) is 4. The van der Waals surface area contributed by atoms with E-state index in [1.54, 1.807) is 0 Å². The molecule has 1 aliphatic heterocycles. The maximum atomic E-state index is 11.8. The van der Waals surface area contributed by atoms with Gasteiger partial charge in [-0.1, -0.05) is 0 Å². The third-order valence-electron chi connectivity index (χ3n) is 2.10. The Bertz CT molecular complexity index is 291. The second kappa shape index (κ2) is 5.17. The van der Waals surface area contributed by atoms with Crippen LogP contribution < -0.4 is 0 Å². The summed E-state index contributed by atoms with van der Waals surface area (Å²) in [4.78, 5) is 13.3. The van der Waals surface area contributed by atoms with Crippen LogP contribution in [0.25, 0.3) is 0 Å². The fraction of sp³-hybridized carbons (Fsp3) is 0.818. The van der Waals surface area contributed by atoms with Crippen LogP contribution in [0.5, 0.6) is 0 Å². The molecule has 0 N–H and O–H groups in total. The highest BCUT2D eigenvalue weighted by molar-refractivity contribution is 5.68. The second-order valence-electron chi connectivity index (χ2n) is 4.83. The fourth-order valence-electron chi connectivity index (χ4n) is 1.38. The third kappa shape index (κ3) is 4.07. The van der Waals surface area contributed by atoms with Gasteiger partial charge in [0.1, 0.15) is 5.60 Å². The molecule has 0 aromatic heterocycles. The molecule has 90 valence electrons. The van der Waals surface area contributed by atoms with Crippen molar-refractivity contribution >= 4 is 6.09 Å². The summed E-state index contributed by atoms with van der Waals surface area (Å²) in [6.45, 7) is 7.16. The lowest BCUT2D eigenvalue weighted by Crippen LogP contribution is -2.39. The molecule has 0 saturated carbocycles. The maximum Gasteiger partial charge on any atom is 0.410 e. The first-order valence-electron chi connectivity index (χ1n) is 5.37. The summed E-state index contributed by atoms with van der Waals surface area (Å²) in [6.07, 6.45) is -0.377. The van der Waals surface area contributed by atoms with Gasteiger partial charge >= 0.3 is 6.09 Å². The van der Waals surface area contributed by atoms with E-state index in [4.69, 9.17) is 14.7 Å². The van der Waals surface area contributed by atoms with Crippen molar-refractivity contribution in [2.75, 3.05) is 26.3 Å². The summed E-state index contributed by atoms with van der Waals surface area (Å²) in [5.41, 5.74) is -0.508. The van der Waals surface area contributed by atoms with E-state index in [0.717, 1.165) is 0 Å². The Labute approximate surface area is 95.9 Å². The fourth-order valence-corrected chi connectivity index (χ4v) is 1.38. The van der Waals surface area contributed by atoms with Gasteiger partial charge in [0, 0.05) is 13.1 Å². The zero-order chi connectivity index (χ0) is 12.2. The normalized spacial score (nSPS) is 22.1. The predicted molar refractivity (Wildman–Crippen MR) is 57.7 cm³/mol. The minimum absolute atomic E-state index is 0.269. The summed E-state index contributed by atoms with van der Waals surface area (Å²) in [7, 11) is 0. The quantitative estimate of drug-likeness (QED) is 0.626. The van der Waals surface area contributed by atoms with E-state index < -0.39 is 5.60 Å². The molecule has 5 nitrogen and oxygen atoms in total. The van der Waals surface area contributed by atoms with Gasteiger partial charge in [0.2, 0.25) is 0 Å². The molecule has 1 unspecified atom stereocenters. The van der Waals surface area contributed by atoms with Crippen molar-refractivity contribution in [3.05, 3.63) is 0 Å². The molecule has 16 heavy (non-hydrogen) atoms. The standard InChI is InChI=1S/C11H18N2O3/c1-11(2,3)16-10(14)13-4-5-15-8-9(6-12)7-13/h9H,4-5,7-8H2,1-3H3. The summed E-state index contributed by atoms with van der Waals surface area (Å²) < 4.78 is 10.5. The van der Waals surface area contributed by atoms with Crippen molar-refractivity contribution in [3.63, 3.8) is 0 Å². The molecule has 1 rings (SSSR count). The van der Waals surface area contributed by atoms with Crippen LogP contribution in [0.1, 0.15) is 20.8 Å². The molecule has 0 spiro atoms.